The largest absolute Gasteiger partial charge is 0.497 e. The number of fused-ring (bicyclic) bond motifs is 1. The lowest BCUT2D eigenvalue weighted by Gasteiger charge is -2.20. The molecule has 5 nitrogen and oxygen atoms in total. The van der Waals surface area contributed by atoms with E-state index in [1.807, 2.05) is 73.7 Å². The van der Waals surface area contributed by atoms with Gasteiger partial charge in [0.1, 0.15) is 11.5 Å². The lowest BCUT2D eigenvalue weighted by atomic mass is 10.0. The molecule has 0 saturated heterocycles. The molecule has 0 aliphatic rings. The zero-order valence-electron chi connectivity index (χ0n) is 18.2. The molecule has 4 aromatic rings. The van der Waals surface area contributed by atoms with Crippen LogP contribution < -0.4 is 15.0 Å². The van der Waals surface area contributed by atoms with Crippen molar-refractivity contribution in [3.8, 4) is 22.8 Å². The summed E-state index contributed by atoms with van der Waals surface area (Å²) < 4.78 is 18.9. The van der Waals surface area contributed by atoms with Gasteiger partial charge in [0.15, 0.2) is 6.79 Å². The Morgan fingerprint density at radius 1 is 0.938 bits per heavy atom. The topological polar surface area (TPSA) is 49.7 Å². The highest BCUT2D eigenvalue weighted by Gasteiger charge is 2.20. The number of ether oxygens (including phenoxy) is 3. The van der Waals surface area contributed by atoms with Crippen LogP contribution in [0.2, 0.25) is 0 Å². The molecule has 0 bridgehead atoms. The van der Waals surface area contributed by atoms with Crippen molar-refractivity contribution in [3.63, 3.8) is 0 Å². The number of para-hydroxylation sites is 1. The zero-order chi connectivity index (χ0) is 22.7. The predicted octanol–water partition coefficient (Wildman–Crippen LogP) is 5.78. The Labute approximate surface area is 195 Å². The molecule has 0 aliphatic heterocycles. The van der Waals surface area contributed by atoms with E-state index in [0.29, 0.717) is 17.7 Å². The molecule has 0 amide bonds. The fourth-order valence-electron chi connectivity index (χ4n) is 3.76. The fourth-order valence-corrected chi connectivity index (χ4v) is 4.51. The van der Waals surface area contributed by atoms with Crippen LogP contribution >= 0.6 is 15.9 Å². The first-order valence-corrected chi connectivity index (χ1v) is 11.0. The molecule has 1 aromatic heterocycles. The fraction of sp³-hybridized carbons (Fsp3) is 0.192. The zero-order valence-corrected chi connectivity index (χ0v) is 19.8. The Balaban J connectivity index is 1.98. The standard InChI is InChI=1S/C26H24BrNO4/c1-17-8-13-20-22(14-17)24(27)25(21-6-4-5-7-23(21)32-16-30-2)28(26(20)29)15-18-9-11-19(31-3)12-10-18/h4-14H,15-16H2,1-3H3. The van der Waals surface area contributed by atoms with Gasteiger partial charge in [-0.3, -0.25) is 4.79 Å². The molecule has 4 rings (SSSR count). The highest BCUT2D eigenvalue weighted by Crippen LogP contribution is 2.38. The summed E-state index contributed by atoms with van der Waals surface area (Å²) in [5, 5.41) is 1.53. The number of hydrogen-bond acceptors (Lipinski definition) is 4. The summed E-state index contributed by atoms with van der Waals surface area (Å²) in [4.78, 5) is 13.7. The summed E-state index contributed by atoms with van der Waals surface area (Å²) in [5.74, 6) is 1.42. The van der Waals surface area contributed by atoms with Crippen LogP contribution in [0.3, 0.4) is 0 Å². The molecule has 0 spiro atoms. The molecular weight excluding hydrogens is 470 g/mol. The first-order chi connectivity index (χ1) is 15.5. The summed E-state index contributed by atoms with van der Waals surface area (Å²) in [6.07, 6.45) is 0. The van der Waals surface area contributed by atoms with Crippen molar-refractivity contribution in [1.29, 1.82) is 0 Å². The van der Waals surface area contributed by atoms with Crippen molar-refractivity contribution in [1.82, 2.24) is 4.57 Å². The highest BCUT2D eigenvalue weighted by molar-refractivity contribution is 9.10. The van der Waals surface area contributed by atoms with Gasteiger partial charge in [-0.05, 0) is 58.7 Å². The number of hydrogen-bond donors (Lipinski definition) is 0. The molecule has 32 heavy (non-hydrogen) atoms. The van der Waals surface area contributed by atoms with Crippen molar-refractivity contribution < 1.29 is 14.2 Å². The minimum atomic E-state index is -0.0597. The van der Waals surface area contributed by atoms with Crippen LogP contribution in [-0.4, -0.2) is 25.6 Å². The lowest BCUT2D eigenvalue weighted by molar-refractivity contribution is 0.0515. The second-order valence-corrected chi connectivity index (χ2v) is 8.29. The summed E-state index contributed by atoms with van der Waals surface area (Å²) >= 11 is 3.81. The van der Waals surface area contributed by atoms with Crippen LogP contribution in [0.4, 0.5) is 0 Å². The van der Waals surface area contributed by atoms with E-state index in [2.05, 4.69) is 15.9 Å². The molecule has 6 heteroatoms. The first-order valence-electron chi connectivity index (χ1n) is 10.2. The molecule has 164 valence electrons. The van der Waals surface area contributed by atoms with E-state index in [9.17, 15) is 4.79 Å². The van der Waals surface area contributed by atoms with Crippen molar-refractivity contribution in [3.05, 3.63) is 92.7 Å². The molecule has 1 heterocycles. The molecular formula is C26H24BrNO4. The molecule has 0 aliphatic carbocycles. The van der Waals surface area contributed by atoms with Crippen LogP contribution in [0, 0.1) is 6.92 Å². The van der Waals surface area contributed by atoms with E-state index in [0.717, 1.165) is 38.0 Å². The maximum Gasteiger partial charge on any atom is 0.259 e. The van der Waals surface area contributed by atoms with E-state index in [4.69, 9.17) is 14.2 Å². The van der Waals surface area contributed by atoms with Gasteiger partial charge in [-0.1, -0.05) is 42.0 Å². The number of halogens is 1. The van der Waals surface area contributed by atoms with Crippen LogP contribution in [0.25, 0.3) is 22.0 Å². The average Bonchev–Trinajstić information content (AvgIpc) is 2.82. The quantitative estimate of drug-likeness (QED) is 0.306. The maximum absolute atomic E-state index is 13.7. The van der Waals surface area contributed by atoms with Gasteiger partial charge in [0.05, 0.1) is 23.8 Å². The second kappa shape index (κ2) is 9.59. The van der Waals surface area contributed by atoms with Gasteiger partial charge >= 0.3 is 0 Å². The van der Waals surface area contributed by atoms with Gasteiger partial charge in [0.25, 0.3) is 5.56 Å². The van der Waals surface area contributed by atoms with Crippen molar-refractivity contribution >= 4 is 26.7 Å². The van der Waals surface area contributed by atoms with Gasteiger partial charge in [0, 0.05) is 23.4 Å². The Bertz CT molecular complexity index is 1310. The number of methoxy groups -OCH3 is 2. The number of pyridine rings is 1. The monoisotopic (exact) mass is 493 g/mol. The van der Waals surface area contributed by atoms with E-state index in [-0.39, 0.29) is 12.4 Å². The third-order valence-corrected chi connectivity index (χ3v) is 6.14. The van der Waals surface area contributed by atoms with Crippen molar-refractivity contribution in [2.75, 3.05) is 21.0 Å². The number of aromatic nitrogens is 1. The van der Waals surface area contributed by atoms with E-state index in [1.54, 1.807) is 18.8 Å². The van der Waals surface area contributed by atoms with Crippen LogP contribution in [-0.2, 0) is 11.3 Å². The Morgan fingerprint density at radius 3 is 2.41 bits per heavy atom. The van der Waals surface area contributed by atoms with Gasteiger partial charge in [-0.2, -0.15) is 0 Å². The third-order valence-electron chi connectivity index (χ3n) is 5.34. The molecule has 0 N–H and O–H groups in total. The van der Waals surface area contributed by atoms with Gasteiger partial charge < -0.3 is 18.8 Å². The van der Waals surface area contributed by atoms with Gasteiger partial charge in [0.2, 0.25) is 0 Å². The summed E-state index contributed by atoms with van der Waals surface area (Å²) in [6, 6.07) is 21.3. The number of benzene rings is 3. The molecule has 0 fully saturated rings. The van der Waals surface area contributed by atoms with E-state index >= 15 is 0 Å². The maximum atomic E-state index is 13.7. The number of aryl methyl sites for hydroxylation is 1. The van der Waals surface area contributed by atoms with E-state index in [1.165, 1.54) is 0 Å². The summed E-state index contributed by atoms with van der Waals surface area (Å²) in [6.45, 7) is 2.54. The lowest BCUT2D eigenvalue weighted by Crippen LogP contribution is -2.23. The molecule has 0 atom stereocenters. The smallest absolute Gasteiger partial charge is 0.259 e. The van der Waals surface area contributed by atoms with Crippen LogP contribution in [0.1, 0.15) is 11.1 Å². The average molecular weight is 494 g/mol. The van der Waals surface area contributed by atoms with Gasteiger partial charge in [-0.25, -0.2) is 0 Å². The Kier molecular flexibility index (Phi) is 6.63. The third kappa shape index (κ3) is 4.29. The minimum absolute atomic E-state index is 0.0597. The first kappa shape index (κ1) is 22.1. The highest BCUT2D eigenvalue weighted by atomic mass is 79.9. The van der Waals surface area contributed by atoms with E-state index < -0.39 is 0 Å². The van der Waals surface area contributed by atoms with Crippen LogP contribution in [0.15, 0.2) is 76.0 Å². The SMILES string of the molecule is COCOc1ccccc1-c1c(Br)c2cc(C)ccc2c(=O)n1Cc1ccc(OC)cc1. The molecule has 3 aromatic carbocycles. The molecule has 0 unspecified atom stereocenters. The number of rotatable bonds is 7. The number of nitrogens with zero attached hydrogens (tertiary/aromatic N) is 1. The summed E-state index contributed by atoms with van der Waals surface area (Å²) in [5.41, 5.74) is 3.58. The normalized spacial score (nSPS) is 11.0. The van der Waals surface area contributed by atoms with Gasteiger partial charge in [-0.15, -0.1) is 0 Å². The predicted molar refractivity (Wildman–Crippen MR) is 131 cm³/mol. The Morgan fingerprint density at radius 2 is 1.69 bits per heavy atom. The molecule has 0 radical (unpaired) electrons. The second-order valence-electron chi connectivity index (χ2n) is 7.50. The minimum Gasteiger partial charge on any atom is -0.497 e. The molecule has 0 saturated carbocycles. The van der Waals surface area contributed by atoms with Crippen molar-refractivity contribution in [2.45, 2.75) is 13.5 Å². The van der Waals surface area contributed by atoms with Crippen LogP contribution in [0.5, 0.6) is 11.5 Å². The van der Waals surface area contributed by atoms with Crippen molar-refractivity contribution in [2.24, 2.45) is 0 Å². The summed E-state index contributed by atoms with van der Waals surface area (Å²) in [7, 11) is 3.22. The Hall–Kier alpha value is -3.09.